The largest absolute Gasteiger partial charge is 0.462 e. The number of hydrogen-bond acceptors (Lipinski definition) is 15. The number of carbonyl (C=O) groups excluding carboxylic acids is 2. The highest BCUT2D eigenvalue weighted by molar-refractivity contribution is 6.89. The molecule has 15 nitrogen and oxygen atoms in total. The average molecular weight is 915 g/mol. The molecule has 2 unspecified atom stereocenters. The molecule has 0 aliphatic carbocycles. The molecule has 59 heavy (non-hydrogen) atoms. The first-order chi connectivity index (χ1) is 27.7. The van der Waals surface area contributed by atoms with Gasteiger partial charge in [-0.05, 0) is 96.6 Å². The molecular formula is C40H82O15Si4. The van der Waals surface area contributed by atoms with Gasteiger partial charge in [-0.15, -0.1) is 0 Å². The van der Waals surface area contributed by atoms with Crippen molar-refractivity contribution in [2.45, 2.75) is 97.6 Å². The molecule has 0 rings (SSSR count). The molecule has 0 saturated heterocycles. The third-order valence-electron chi connectivity index (χ3n) is 8.27. The minimum absolute atomic E-state index is 0.171. The third kappa shape index (κ3) is 35.1. The van der Waals surface area contributed by atoms with Gasteiger partial charge in [-0.1, -0.05) is 20.1 Å². The maximum atomic E-state index is 11.9. The molecule has 0 aliphatic heterocycles. The van der Waals surface area contributed by atoms with Crippen LogP contribution in [-0.2, 0) is 69.3 Å². The molecule has 0 saturated carbocycles. The maximum absolute atomic E-state index is 11.9. The van der Waals surface area contributed by atoms with E-state index in [0.717, 1.165) is 18.1 Å². The summed E-state index contributed by atoms with van der Waals surface area (Å²) in [6.07, 6.45) is 1.42. The van der Waals surface area contributed by atoms with Crippen LogP contribution in [0.2, 0.25) is 64.0 Å². The van der Waals surface area contributed by atoms with Crippen molar-refractivity contribution in [1.82, 2.24) is 0 Å². The van der Waals surface area contributed by atoms with Gasteiger partial charge in [0.1, 0.15) is 0 Å². The lowest BCUT2D eigenvalue weighted by Crippen LogP contribution is -2.58. The fourth-order valence-corrected chi connectivity index (χ4v) is 26.1. The molecule has 0 spiro atoms. The lowest BCUT2D eigenvalue weighted by Gasteiger charge is -2.43. The monoisotopic (exact) mass is 914 g/mol. The molecule has 0 fully saturated rings. The van der Waals surface area contributed by atoms with Crippen molar-refractivity contribution in [2.75, 3.05) is 119 Å². The van der Waals surface area contributed by atoms with Crippen LogP contribution in [0.15, 0.2) is 24.3 Å². The Bertz CT molecular complexity index is 1140. The van der Waals surface area contributed by atoms with Gasteiger partial charge in [0, 0.05) is 24.9 Å². The minimum atomic E-state index is -2.80. The number of carbonyl (C=O) groups is 2. The zero-order chi connectivity index (χ0) is 44.6. The Labute approximate surface area is 361 Å². The van der Waals surface area contributed by atoms with Crippen LogP contribution in [0.5, 0.6) is 0 Å². The Morgan fingerprint density at radius 3 is 1.19 bits per heavy atom. The Morgan fingerprint density at radius 2 is 0.831 bits per heavy atom. The Hall–Kier alpha value is -1.15. The number of esters is 2. The lowest BCUT2D eigenvalue weighted by molar-refractivity contribution is -0.139. The van der Waals surface area contributed by atoms with E-state index in [9.17, 15) is 9.59 Å². The molecule has 0 aromatic carbocycles. The van der Waals surface area contributed by atoms with Gasteiger partial charge < -0.3 is 59.7 Å². The van der Waals surface area contributed by atoms with E-state index in [4.69, 9.17) is 59.7 Å². The predicted molar refractivity (Wildman–Crippen MR) is 239 cm³/mol. The van der Waals surface area contributed by atoms with Crippen LogP contribution >= 0.6 is 0 Å². The predicted octanol–water partition coefficient (Wildman–Crippen LogP) is 6.64. The van der Waals surface area contributed by atoms with Crippen molar-refractivity contribution in [2.24, 2.45) is 5.92 Å². The van der Waals surface area contributed by atoms with Crippen molar-refractivity contribution in [3.63, 3.8) is 0 Å². The molecule has 0 heterocycles. The number of methoxy groups -OCH3 is 1. The van der Waals surface area contributed by atoms with Crippen molar-refractivity contribution >= 4 is 45.7 Å². The summed E-state index contributed by atoms with van der Waals surface area (Å²) < 4.78 is 75.7. The smallest absolute Gasteiger partial charge is 0.333 e. The molecule has 19 heteroatoms. The van der Waals surface area contributed by atoms with Crippen LogP contribution in [0.1, 0.15) is 33.6 Å². The van der Waals surface area contributed by atoms with E-state index < -0.39 is 33.8 Å². The zero-order valence-electron chi connectivity index (χ0n) is 38.7. The van der Waals surface area contributed by atoms with Crippen LogP contribution in [-0.4, -0.2) is 165 Å². The van der Waals surface area contributed by atoms with E-state index in [0.29, 0.717) is 136 Å². The molecule has 0 aromatic heterocycles. The summed E-state index contributed by atoms with van der Waals surface area (Å²) in [6.45, 7) is 36.1. The van der Waals surface area contributed by atoms with E-state index in [-0.39, 0.29) is 17.9 Å². The van der Waals surface area contributed by atoms with Gasteiger partial charge >= 0.3 is 29.1 Å². The van der Waals surface area contributed by atoms with E-state index in [2.05, 4.69) is 65.9 Å². The third-order valence-corrected chi connectivity index (χ3v) is 24.6. The Balaban J connectivity index is 4.69. The molecule has 2 atom stereocenters. The highest BCUT2D eigenvalue weighted by Crippen LogP contribution is 2.32. The van der Waals surface area contributed by atoms with Gasteiger partial charge in [0.05, 0.1) is 106 Å². The lowest BCUT2D eigenvalue weighted by atomic mass is 10.2. The molecule has 0 radical (unpaired) electrons. The van der Waals surface area contributed by atoms with E-state index in [1.807, 2.05) is 0 Å². The van der Waals surface area contributed by atoms with Crippen LogP contribution in [0.4, 0.5) is 0 Å². The molecular weight excluding hydrogens is 833 g/mol. The summed E-state index contributed by atoms with van der Waals surface area (Å²) in [7, 11) is -8.23. The van der Waals surface area contributed by atoms with Gasteiger partial charge in [0.2, 0.25) is 0 Å². The van der Waals surface area contributed by atoms with Gasteiger partial charge in [0.25, 0.3) is 0 Å². The molecule has 0 aromatic rings. The Kier molecular flexibility index (Phi) is 32.8. The van der Waals surface area contributed by atoms with Crippen molar-refractivity contribution in [1.29, 1.82) is 0 Å². The molecule has 0 amide bonds. The summed E-state index contributed by atoms with van der Waals surface area (Å²) in [5, 5.41) is 0. The van der Waals surface area contributed by atoms with Gasteiger partial charge in [0.15, 0.2) is 16.6 Å². The SMILES string of the molecule is C=C(C)C(=O)OCCC[Si](C)(C)O[Si](C)(C)O[Si](C)(CC(C)COCCOCCOCCOCCOCCOCCOCCOC)O[Si](C)(C)CCCOC(=O)C(=C)C. The van der Waals surface area contributed by atoms with Crippen molar-refractivity contribution in [3.8, 4) is 0 Å². The van der Waals surface area contributed by atoms with E-state index in [1.165, 1.54) is 0 Å². The van der Waals surface area contributed by atoms with Crippen molar-refractivity contribution in [3.05, 3.63) is 24.3 Å². The minimum Gasteiger partial charge on any atom is -0.462 e. The van der Waals surface area contributed by atoms with Gasteiger partial charge in [-0.3, -0.25) is 0 Å². The van der Waals surface area contributed by atoms with Crippen LogP contribution in [0, 0.1) is 5.92 Å². The van der Waals surface area contributed by atoms with Crippen LogP contribution < -0.4 is 0 Å². The zero-order valence-corrected chi connectivity index (χ0v) is 42.7. The average Bonchev–Trinajstić information content (AvgIpc) is 3.12. The van der Waals surface area contributed by atoms with Gasteiger partial charge in [-0.2, -0.15) is 0 Å². The quantitative estimate of drug-likeness (QED) is 0.0279. The molecule has 0 aliphatic rings. The van der Waals surface area contributed by atoms with E-state index in [1.54, 1.807) is 21.0 Å². The summed E-state index contributed by atoms with van der Waals surface area (Å²) in [4.78, 5) is 23.7. The second-order valence-corrected chi connectivity index (χ2v) is 32.4. The molecule has 0 bridgehead atoms. The summed E-state index contributed by atoms with van der Waals surface area (Å²) in [5.41, 5.74) is 0.782. The standard InChI is InChI=1S/C40H82O15Si4/c1-36(2)39(41)51-16-14-32-56(7,8)53-58(11,12)55-59(13,54-57(9,10)33-15-17-52-40(42)37(3)4)35-38(5)34-50-31-30-49-29-28-48-27-26-47-25-24-46-23-22-45-21-20-44-19-18-43-6/h38H,1,3,14-35H2,2,4-13H3. The summed E-state index contributed by atoms with van der Waals surface area (Å²) >= 11 is 0. The second kappa shape index (κ2) is 33.4. The summed E-state index contributed by atoms with van der Waals surface area (Å²) in [6, 6.07) is 2.37. The van der Waals surface area contributed by atoms with Crippen LogP contribution in [0.25, 0.3) is 0 Å². The van der Waals surface area contributed by atoms with Gasteiger partial charge in [-0.25, -0.2) is 9.59 Å². The number of hydrogen-bond donors (Lipinski definition) is 0. The normalized spacial score (nSPS) is 13.9. The fraction of sp³-hybridized carbons (Fsp3) is 0.850. The first kappa shape index (κ1) is 57.8. The topological polar surface area (TPSA) is 154 Å². The number of rotatable bonds is 41. The fourth-order valence-electron chi connectivity index (χ4n) is 6.01. The summed E-state index contributed by atoms with van der Waals surface area (Å²) in [5.74, 6) is -0.574. The van der Waals surface area contributed by atoms with E-state index >= 15 is 0 Å². The first-order valence-electron chi connectivity index (χ1n) is 21.0. The number of ether oxygens (including phenoxy) is 10. The maximum Gasteiger partial charge on any atom is 0.333 e. The van der Waals surface area contributed by atoms with Crippen molar-refractivity contribution < 1.29 is 69.3 Å². The highest BCUT2D eigenvalue weighted by Gasteiger charge is 2.46. The highest BCUT2D eigenvalue weighted by atomic mass is 28.5. The first-order valence-corrected chi connectivity index (χ1v) is 32.6. The Morgan fingerprint density at radius 1 is 0.492 bits per heavy atom. The second-order valence-electron chi connectivity index (χ2n) is 16.5. The van der Waals surface area contributed by atoms with Crippen LogP contribution in [0.3, 0.4) is 0 Å². The molecule has 348 valence electrons. The molecule has 0 N–H and O–H groups in total.